The highest BCUT2D eigenvalue weighted by Gasteiger charge is 2.43. The van der Waals surface area contributed by atoms with E-state index in [1.54, 1.807) is 0 Å². The third-order valence-corrected chi connectivity index (χ3v) is 3.40. The van der Waals surface area contributed by atoms with E-state index >= 15 is 0 Å². The van der Waals surface area contributed by atoms with Crippen LogP contribution in [0.5, 0.6) is 5.75 Å². The summed E-state index contributed by atoms with van der Waals surface area (Å²) in [6.45, 7) is 1.44. The Morgan fingerprint density at radius 1 is 1.04 bits per heavy atom. The van der Waals surface area contributed by atoms with Gasteiger partial charge in [0.25, 0.3) is 0 Å². The second kappa shape index (κ2) is 6.42. The van der Waals surface area contributed by atoms with Crippen LogP contribution in [0, 0.1) is 20.2 Å². The molecule has 1 aromatic carbocycles. The van der Waals surface area contributed by atoms with Crippen LogP contribution in [-0.4, -0.2) is 55.9 Å². The molecule has 1 aliphatic rings. The van der Waals surface area contributed by atoms with Crippen LogP contribution in [0.15, 0.2) is 18.2 Å². The van der Waals surface area contributed by atoms with Crippen molar-refractivity contribution in [1.29, 1.82) is 0 Å². The van der Waals surface area contributed by atoms with Gasteiger partial charge < -0.3 is 24.8 Å². The van der Waals surface area contributed by atoms with E-state index in [9.17, 15) is 35.5 Å². The summed E-state index contributed by atoms with van der Waals surface area (Å²) in [5.74, 6) is -0.165. The van der Waals surface area contributed by atoms with Gasteiger partial charge >= 0.3 is 11.4 Å². The highest BCUT2D eigenvalue weighted by Crippen LogP contribution is 2.32. The predicted molar refractivity (Wildman–Crippen MR) is 72.7 cm³/mol. The highest BCUT2D eigenvalue weighted by molar-refractivity contribution is 5.55. The molecule has 1 fully saturated rings. The van der Waals surface area contributed by atoms with Crippen LogP contribution < -0.4 is 4.74 Å². The lowest BCUT2D eigenvalue weighted by atomic mass is 10.00. The van der Waals surface area contributed by atoms with Crippen molar-refractivity contribution >= 4 is 11.4 Å². The fourth-order valence-corrected chi connectivity index (χ4v) is 2.12. The molecule has 1 aromatic rings. The molecule has 0 aromatic heterocycles. The van der Waals surface area contributed by atoms with Crippen molar-refractivity contribution in [1.82, 2.24) is 0 Å². The number of ether oxygens (including phenoxy) is 2. The van der Waals surface area contributed by atoms with Gasteiger partial charge in [0.1, 0.15) is 24.1 Å². The topological polar surface area (TPSA) is 165 Å². The van der Waals surface area contributed by atoms with Gasteiger partial charge in [0, 0.05) is 6.07 Å². The van der Waals surface area contributed by atoms with Crippen LogP contribution in [0.3, 0.4) is 0 Å². The van der Waals surface area contributed by atoms with Crippen LogP contribution in [0.25, 0.3) is 0 Å². The van der Waals surface area contributed by atoms with E-state index in [0.29, 0.717) is 0 Å². The summed E-state index contributed by atoms with van der Waals surface area (Å²) in [4.78, 5) is 19.8. The Balaban J connectivity index is 2.25. The highest BCUT2D eigenvalue weighted by atomic mass is 16.7. The van der Waals surface area contributed by atoms with Crippen LogP contribution >= 0.6 is 0 Å². The SMILES string of the molecule is C[C@H]1O[C@@H](Oc2ccc([N+](=O)[O-])c([N+](=O)[O-])c2)[C@H](O)[C@@H](O)[C@@H]1O. The van der Waals surface area contributed by atoms with Gasteiger partial charge in [-0.3, -0.25) is 20.2 Å². The van der Waals surface area contributed by atoms with Crippen molar-refractivity contribution in [2.45, 2.75) is 37.6 Å². The number of aliphatic hydroxyl groups excluding tert-OH is 3. The molecule has 11 nitrogen and oxygen atoms in total. The summed E-state index contributed by atoms with van der Waals surface area (Å²) in [6.07, 6.45) is -6.71. The zero-order valence-corrected chi connectivity index (χ0v) is 11.8. The zero-order valence-electron chi connectivity index (χ0n) is 11.8. The number of benzene rings is 1. The van der Waals surface area contributed by atoms with Crippen LogP contribution in [0.4, 0.5) is 11.4 Å². The second-order valence-corrected chi connectivity index (χ2v) is 4.96. The molecular formula is C12H14N2O9. The van der Waals surface area contributed by atoms with E-state index in [-0.39, 0.29) is 5.75 Å². The predicted octanol–water partition coefficient (Wildman–Crippen LogP) is -0.291. The maximum atomic E-state index is 10.9. The number of aliphatic hydroxyl groups is 3. The average Bonchev–Trinajstić information content (AvgIpc) is 2.50. The van der Waals surface area contributed by atoms with Crippen molar-refractivity contribution in [3.63, 3.8) is 0 Å². The Bertz CT molecular complexity index is 623. The molecule has 0 spiro atoms. The first-order chi connectivity index (χ1) is 10.7. The van der Waals surface area contributed by atoms with Crippen molar-refractivity contribution in [2.24, 2.45) is 0 Å². The van der Waals surface area contributed by atoms with Crippen molar-refractivity contribution in [2.75, 3.05) is 0 Å². The number of nitro benzene ring substituents is 2. The van der Waals surface area contributed by atoms with E-state index in [1.165, 1.54) is 6.92 Å². The van der Waals surface area contributed by atoms with Gasteiger partial charge in [-0.05, 0) is 13.0 Å². The molecule has 5 atom stereocenters. The lowest BCUT2D eigenvalue weighted by Gasteiger charge is -2.38. The fraction of sp³-hybridized carbons (Fsp3) is 0.500. The van der Waals surface area contributed by atoms with Gasteiger partial charge in [0.2, 0.25) is 6.29 Å². The largest absolute Gasteiger partial charge is 0.462 e. The summed E-state index contributed by atoms with van der Waals surface area (Å²) in [6, 6.07) is 2.80. The Labute approximate surface area is 129 Å². The van der Waals surface area contributed by atoms with Gasteiger partial charge in [-0.15, -0.1) is 0 Å². The van der Waals surface area contributed by atoms with E-state index in [2.05, 4.69) is 0 Å². The molecule has 126 valence electrons. The molecular weight excluding hydrogens is 316 g/mol. The molecule has 0 saturated carbocycles. The molecule has 3 N–H and O–H groups in total. The van der Waals surface area contributed by atoms with Gasteiger partial charge in [-0.1, -0.05) is 0 Å². The Morgan fingerprint density at radius 3 is 2.22 bits per heavy atom. The molecule has 23 heavy (non-hydrogen) atoms. The van der Waals surface area contributed by atoms with E-state index in [4.69, 9.17) is 9.47 Å². The summed E-state index contributed by atoms with van der Waals surface area (Å²) < 4.78 is 10.4. The third-order valence-electron chi connectivity index (χ3n) is 3.40. The minimum Gasteiger partial charge on any atom is -0.462 e. The summed E-state index contributed by atoms with van der Waals surface area (Å²) in [5.41, 5.74) is -1.50. The molecule has 11 heteroatoms. The Hall–Kier alpha value is -2.34. The number of hydrogen-bond acceptors (Lipinski definition) is 9. The number of nitro groups is 2. The number of hydrogen-bond donors (Lipinski definition) is 3. The summed E-state index contributed by atoms with van der Waals surface area (Å²) in [5, 5.41) is 50.6. The van der Waals surface area contributed by atoms with Crippen LogP contribution in [0.2, 0.25) is 0 Å². The molecule has 0 unspecified atom stereocenters. The standard InChI is InChI=1S/C12H14N2O9/c1-5-9(15)10(16)11(17)12(22-5)23-6-2-3-7(13(18)19)8(4-6)14(20)21/h2-5,9-12,15-17H,1H3/t5-,9-,10+,11-,12+/m1/s1. The smallest absolute Gasteiger partial charge is 0.349 e. The molecule has 0 bridgehead atoms. The van der Waals surface area contributed by atoms with Crippen LogP contribution in [0.1, 0.15) is 6.92 Å². The Kier molecular flexibility index (Phi) is 4.75. The lowest BCUT2D eigenvalue weighted by Crippen LogP contribution is -2.58. The van der Waals surface area contributed by atoms with Crippen molar-refractivity contribution in [3.8, 4) is 5.75 Å². The zero-order chi connectivity index (χ0) is 17.3. The Morgan fingerprint density at radius 2 is 1.65 bits per heavy atom. The van der Waals surface area contributed by atoms with E-state index < -0.39 is 51.9 Å². The van der Waals surface area contributed by atoms with Gasteiger partial charge in [-0.25, -0.2) is 0 Å². The fourth-order valence-electron chi connectivity index (χ4n) is 2.12. The first-order valence-corrected chi connectivity index (χ1v) is 6.51. The first-order valence-electron chi connectivity index (χ1n) is 6.51. The maximum Gasteiger partial charge on any atom is 0.349 e. The van der Waals surface area contributed by atoms with Crippen molar-refractivity contribution in [3.05, 3.63) is 38.4 Å². The number of nitrogens with zero attached hydrogens (tertiary/aromatic N) is 2. The normalized spacial score (nSPS) is 30.7. The average molecular weight is 330 g/mol. The van der Waals surface area contributed by atoms with Crippen LogP contribution in [-0.2, 0) is 4.74 Å². The van der Waals surface area contributed by atoms with Gasteiger partial charge in [0.05, 0.1) is 22.0 Å². The first kappa shape index (κ1) is 17.0. The van der Waals surface area contributed by atoms with Gasteiger partial charge in [0.15, 0.2) is 0 Å². The lowest BCUT2D eigenvalue weighted by molar-refractivity contribution is -0.422. The summed E-state index contributed by atoms with van der Waals surface area (Å²) >= 11 is 0. The molecule has 0 amide bonds. The minimum atomic E-state index is -1.60. The quantitative estimate of drug-likeness (QED) is 0.496. The molecule has 1 heterocycles. The molecule has 2 rings (SSSR count). The molecule has 1 aliphatic heterocycles. The van der Waals surface area contributed by atoms with Crippen molar-refractivity contribution < 1.29 is 34.6 Å². The molecule has 0 radical (unpaired) electrons. The maximum absolute atomic E-state index is 10.9. The summed E-state index contributed by atoms with van der Waals surface area (Å²) in [7, 11) is 0. The molecule has 1 saturated heterocycles. The van der Waals surface area contributed by atoms with E-state index in [0.717, 1.165) is 18.2 Å². The minimum absolute atomic E-state index is 0.165. The molecule has 0 aliphatic carbocycles. The number of rotatable bonds is 4. The van der Waals surface area contributed by atoms with E-state index in [1.807, 2.05) is 0 Å². The monoisotopic (exact) mass is 330 g/mol. The second-order valence-electron chi connectivity index (χ2n) is 4.96. The van der Waals surface area contributed by atoms with Gasteiger partial charge in [-0.2, -0.15) is 0 Å². The third kappa shape index (κ3) is 3.37.